The van der Waals surface area contributed by atoms with E-state index in [9.17, 15) is 9.90 Å². The molecule has 5 heteroatoms. The van der Waals surface area contributed by atoms with Crippen molar-refractivity contribution in [3.8, 4) is 0 Å². The predicted octanol–water partition coefficient (Wildman–Crippen LogP) is -5.03. The summed E-state index contributed by atoms with van der Waals surface area (Å²) in [6, 6.07) is 0. The van der Waals surface area contributed by atoms with Crippen LogP contribution in [-0.4, -0.2) is 54.9 Å². The molecule has 0 spiro atoms. The van der Waals surface area contributed by atoms with E-state index in [-0.39, 0.29) is 70.1 Å². The summed E-state index contributed by atoms with van der Waals surface area (Å²) in [6.45, 7) is 1.13. The minimum absolute atomic E-state index is 0. The molecule has 0 saturated carbocycles. The van der Waals surface area contributed by atoms with Gasteiger partial charge in [-0.1, -0.05) is 0 Å². The van der Waals surface area contributed by atoms with E-state index in [1.54, 1.807) is 0 Å². The van der Waals surface area contributed by atoms with Gasteiger partial charge >= 0.3 is 67.3 Å². The van der Waals surface area contributed by atoms with E-state index in [2.05, 4.69) is 0 Å². The third-order valence-electron chi connectivity index (χ3n) is 0.341. The molecule has 0 aromatic carbocycles. The third-order valence-corrected chi connectivity index (χ3v) is 0.341. The second-order valence-corrected chi connectivity index (χ2v) is 0.995. The molecule has 1 N–H and O–H groups in total. The van der Waals surface area contributed by atoms with Crippen molar-refractivity contribution in [2.75, 3.05) is 0 Å². The van der Waals surface area contributed by atoms with Crippen molar-refractivity contribution in [1.82, 2.24) is 0 Å². The zero-order chi connectivity index (χ0) is 5.15. The summed E-state index contributed by atoms with van der Waals surface area (Å²) in [7, 11) is 0. The number of carboxylic acid groups (broad SMARTS) is 1. The van der Waals surface area contributed by atoms with Gasteiger partial charge in [-0.3, -0.25) is 0 Å². The van der Waals surface area contributed by atoms with Crippen LogP contribution in [0.15, 0.2) is 0 Å². The van der Waals surface area contributed by atoms with Crippen LogP contribution in [0.3, 0.4) is 0 Å². The van der Waals surface area contributed by atoms with Crippen molar-refractivity contribution in [3.63, 3.8) is 0 Å². The number of carbonyl (C=O) groups excluding carboxylic acids is 1. The molecule has 0 aliphatic carbocycles. The Morgan fingerprint density at radius 1 is 1.88 bits per heavy atom. The van der Waals surface area contributed by atoms with Crippen LogP contribution >= 0.6 is 0 Å². The molecule has 40 valence electrons. The first-order valence-electron chi connectivity index (χ1n) is 1.53. The van der Waals surface area contributed by atoms with E-state index in [0.29, 0.717) is 0 Å². The number of hydrogen-bond donors (Lipinski definition) is 1. The molecule has 3 nitrogen and oxygen atoms in total. The van der Waals surface area contributed by atoms with Crippen molar-refractivity contribution < 1.29 is 47.4 Å². The van der Waals surface area contributed by atoms with Crippen LogP contribution in [0.5, 0.6) is 0 Å². The van der Waals surface area contributed by atoms with Gasteiger partial charge in [0, 0.05) is 0 Å². The zero-order valence-corrected chi connectivity index (χ0v) is 9.26. The van der Waals surface area contributed by atoms with Gasteiger partial charge in [-0.15, -0.1) is 0 Å². The Bertz CT molecular complexity index is 72.8. The summed E-state index contributed by atoms with van der Waals surface area (Å²) in [4.78, 5) is 9.34. The van der Waals surface area contributed by atoms with Gasteiger partial charge in [0.05, 0.1) is 12.1 Å². The monoisotopic (exact) mass is 154 g/mol. The molecular formula is C3H7CaNaO3. The Hall–Kier alpha value is 1.69. The molecule has 0 aliphatic rings. The number of rotatable bonds is 1. The standard InChI is InChI=1S/C3H6O3.Ca.Na.2H/c1-2(4)3(5)6;;;;/h2,4H,1H3,(H,5,6);;;;/q;+2;+1;2*-1/p-1. The molecule has 0 fully saturated rings. The maximum Gasteiger partial charge on any atom is 2.00 e. The van der Waals surface area contributed by atoms with Crippen molar-refractivity contribution in [2.45, 2.75) is 13.0 Å². The Kier molecular flexibility index (Phi) is 17.8. The average Bonchev–Trinajstić information content (AvgIpc) is 1.36. The van der Waals surface area contributed by atoms with Gasteiger partial charge in [0.25, 0.3) is 0 Å². The first-order chi connectivity index (χ1) is 2.64. The Morgan fingerprint density at radius 3 is 2.00 bits per heavy atom. The molecule has 1 unspecified atom stereocenters. The van der Waals surface area contributed by atoms with E-state index in [1.165, 1.54) is 0 Å². The minimum atomic E-state index is -1.44. The summed E-state index contributed by atoms with van der Waals surface area (Å²) in [5, 5.41) is 17.3. The zero-order valence-electron chi connectivity index (χ0n) is 7.05. The van der Waals surface area contributed by atoms with Crippen molar-refractivity contribution in [1.29, 1.82) is 0 Å². The van der Waals surface area contributed by atoms with Crippen LogP contribution in [0.25, 0.3) is 0 Å². The molecule has 0 radical (unpaired) electrons. The van der Waals surface area contributed by atoms with Crippen LogP contribution in [-0.2, 0) is 4.79 Å². The second-order valence-electron chi connectivity index (χ2n) is 0.995. The minimum Gasteiger partial charge on any atom is -1.00 e. The Balaban J connectivity index is -0.0000000208. The third kappa shape index (κ3) is 10.6. The quantitative estimate of drug-likeness (QED) is 0.385. The summed E-state index contributed by atoms with van der Waals surface area (Å²) < 4.78 is 0. The Labute approximate surface area is 103 Å². The Morgan fingerprint density at radius 2 is 2.00 bits per heavy atom. The molecule has 0 heterocycles. The molecule has 0 aliphatic heterocycles. The van der Waals surface area contributed by atoms with E-state index in [0.717, 1.165) is 6.92 Å². The largest absolute Gasteiger partial charge is 2.00 e. The molecule has 1 atom stereocenters. The van der Waals surface area contributed by atoms with E-state index in [4.69, 9.17) is 5.11 Å². The molecule has 8 heavy (non-hydrogen) atoms. The smallest absolute Gasteiger partial charge is 1.00 e. The van der Waals surface area contributed by atoms with E-state index >= 15 is 0 Å². The predicted molar refractivity (Wildman–Crippen MR) is 24.7 cm³/mol. The van der Waals surface area contributed by atoms with Crippen LogP contribution in [0, 0.1) is 0 Å². The van der Waals surface area contributed by atoms with Gasteiger partial charge < -0.3 is 17.9 Å². The molecular weight excluding hydrogens is 147 g/mol. The number of hydrogen-bond acceptors (Lipinski definition) is 3. The van der Waals surface area contributed by atoms with Gasteiger partial charge in [0.15, 0.2) is 0 Å². The molecule has 0 aromatic heterocycles. The van der Waals surface area contributed by atoms with E-state index < -0.39 is 12.1 Å². The first-order valence-corrected chi connectivity index (χ1v) is 1.53. The topological polar surface area (TPSA) is 60.4 Å². The normalized spacial score (nSPS) is 10.2. The number of aliphatic hydroxyl groups excluding tert-OH is 1. The van der Waals surface area contributed by atoms with Crippen LogP contribution in [0.1, 0.15) is 9.78 Å². The fraction of sp³-hybridized carbons (Fsp3) is 0.667. The van der Waals surface area contributed by atoms with Crippen molar-refractivity contribution in [3.05, 3.63) is 0 Å². The fourth-order valence-electron chi connectivity index (χ4n) is 0. The summed E-state index contributed by atoms with van der Waals surface area (Å²) in [5.74, 6) is -1.44. The fourth-order valence-corrected chi connectivity index (χ4v) is 0. The summed E-state index contributed by atoms with van der Waals surface area (Å²) >= 11 is 0. The van der Waals surface area contributed by atoms with E-state index in [1.807, 2.05) is 0 Å². The molecule has 0 amide bonds. The van der Waals surface area contributed by atoms with Gasteiger partial charge in [-0.25, -0.2) is 0 Å². The van der Waals surface area contributed by atoms with Gasteiger partial charge in [0.2, 0.25) is 0 Å². The number of aliphatic carboxylic acids is 1. The number of carboxylic acids is 1. The summed E-state index contributed by atoms with van der Waals surface area (Å²) in [5.41, 5.74) is 0. The molecule has 0 rings (SSSR count). The van der Waals surface area contributed by atoms with Crippen LogP contribution in [0.4, 0.5) is 0 Å². The van der Waals surface area contributed by atoms with Gasteiger partial charge in [0.1, 0.15) is 0 Å². The van der Waals surface area contributed by atoms with Crippen LogP contribution in [0.2, 0.25) is 0 Å². The molecule has 0 bridgehead atoms. The first kappa shape index (κ1) is 16.3. The van der Waals surface area contributed by atoms with Crippen molar-refractivity contribution >= 4 is 43.7 Å². The number of carbonyl (C=O) groups is 1. The maximum atomic E-state index is 9.34. The van der Waals surface area contributed by atoms with Crippen LogP contribution < -0.4 is 34.7 Å². The average molecular weight is 154 g/mol. The molecule has 0 aromatic rings. The number of aliphatic hydroxyl groups is 1. The summed E-state index contributed by atoms with van der Waals surface area (Å²) in [6.07, 6.45) is -1.34. The van der Waals surface area contributed by atoms with Gasteiger partial charge in [-0.2, -0.15) is 0 Å². The maximum absolute atomic E-state index is 9.34. The molecule has 0 saturated heterocycles. The second kappa shape index (κ2) is 8.69. The van der Waals surface area contributed by atoms with Gasteiger partial charge in [-0.05, 0) is 6.92 Å². The SMILES string of the molecule is CC(O)C(=O)[O-].[Ca+2].[H-].[H-].[Na+]. The van der Waals surface area contributed by atoms with Crippen molar-refractivity contribution in [2.24, 2.45) is 0 Å².